The average Bonchev–Trinajstić information content (AvgIpc) is 2.08. The van der Waals surface area contributed by atoms with Crippen LogP contribution in [0.25, 0.3) is 0 Å². The molecule has 0 unspecified atom stereocenters. The zero-order valence-electron chi connectivity index (χ0n) is 6.90. The Morgan fingerprint density at radius 3 is 2.77 bits per heavy atom. The fraction of sp³-hybridized carbons (Fsp3) is 0. The molecule has 1 aromatic carbocycles. The monoisotopic (exact) mass is 194 g/mol. The molecule has 0 bridgehead atoms. The number of nitrogens with two attached hydrogens (primary N) is 2. The van der Waals surface area contributed by atoms with Gasteiger partial charge in [0.25, 0.3) is 0 Å². The molecular formula is C8H10N4S. The molecule has 0 radical (unpaired) electrons. The van der Waals surface area contributed by atoms with Gasteiger partial charge in [-0.15, -0.1) is 0 Å². The lowest BCUT2D eigenvalue weighted by molar-refractivity contribution is 1.04. The highest BCUT2D eigenvalue weighted by Gasteiger charge is 1.91. The SMILES string of the molecule is NC(=S)N/N=C\c1ccccc1N. The maximum Gasteiger partial charge on any atom is 0.184 e. The minimum atomic E-state index is 0.130. The maximum absolute atomic E-state index is 5.65. The summed E-state index contributed by atoms with van der Waals surface area (Å²) in [5.41, 5.74) is 14.8. The number of anilines is 1. The van der Waals surface area contributed by atoms with Gasteiger partial charge in [0.15, 0.2) is 5.11 Å². The molecule has 0 aliphatic rings. The molecule has 0 amide bonds. The maximum atomic E-state index is 5.65. The quantitative estimate of drug-likeness (QED) is 0.276. The van der Waals surface area contributed by atoms with Crippen LogP contribution in [0.2, 0.25) is 0 Å². The van der Waals surface area contributed by atoms with E-state index in [0.717, 1.165) is 5.56 Å². The smallest absolute Gasteiger partial charge is 0.184 e. The molecular weight excluding hydrogens is 184 g/mol. The van der Waals surface area contributed by atoms with Crippen LogP contribution in [0.1, 0.15) is 5.56 Å². The van der Waals surface area contributed by atoms with Crippen LogP contribution in [0.5, 0.6) is 0 Å². The van der Waals surface area contributed by atoms with Gasteiger partial charge in [0.05, 0.1) is 6.21 Å². The van der Waals surface area contributed by atoms with E-state index in [0.29, 0.717) is 5.69 Å². The first-order chi connectivity index (χ1) is 6.20. The highest BCUT2D eigenvalue weighted by atomic mass is 32.1. The molecule has 68 valence electrons. The van der Waals surface area contributed by atoms with Crippen molar-refractivity contribution in [3.8, 4) is 0 Å². The summed E-state index contributed by atoms with van der Waals surface area (Å²) in [7, 11) is 0. The van der Waals surface area contributed by atoms with E-state index in [4.69, 9.17) is 11.5 Å². The summed E-state index contributed by atoms with van der Waals surface area (Å²) in [4.78, 5) is 0. The molecule has 0 aromatic heterocycles. The van der Waals surface area contributed by atoms with Gasteiger partial charge in [0.2, 0.25) is 0 Å². The minimum Gasteiger partial charge on any atom is -0.398 e. The number of hydrogen-bond acceptors (Lipinski definition) is 3. The van der Waals surface area contributed by atoms with Crippen LogP contribution in [-0.4, -0.2) is 11.3 Å². The van der Waals surface area contributed by atoms with E-state index in [1.165, 1.54) is 0 Å². The average molecular weight is 194 g/mol. The minimum absolute atomic E-state index is 0.130. The summed E-state index contributed by atoms with van der Waals surface area (Å²) in [5.74, 6) is 0. The van der Waals surface area contributed by atoms with Gasteiger partial charge >= 0.3 is 0 Å². The van der Waals surface area contributed by atoms with Crippen molar-refractivity contribution in [3.63, 3.8) is 0 Å². The number of para-hydroxylation sites is 1. The highest BCUT2D eigenvalue weighted by molar-refractivity contribution is 7.80. The third kappa shape index (κ3) is 3.08. The van der Waals surface area contributed by atoms with Gasteiger partial charge < -0.3 is 11.5 Å². The standard InChI is InChI=1S/C8H10N4S/c9-7-4-2-1-3-6(7)5-11-12-8(10)13/h1-5H,9H2,(H3,10,12,13)/b11-5-. The van der Waals surface area contributed by atoms with E-state index in [1.54, 1.807) is 12.3 Å². The normalized spacial score (nSPS) is 10.2. The third-order valence-corrected chi connectivity index (χ3v) is 1.47. The molecule has 5 heteroatoms. The Morgan fingerprint density at radius 1 is 1.46 bits per heavy atom. The second-order valence-electron chi connectivity index (χ2n) is 2.36. The molecule has 0 saturated carbocycles. The molecule has 0 aliphatic heterocycles. The molecule has 4 nitrogen and oxygen atoms in total. The summed E-state index contributed by atoms with van der Waals surface area (Å²) in [6.45, 7) is 0. The number of nitrogens with one attached hydrogen (secondary N) is 1. The van der Waals surface area contributed by atoms with E-state index in [2.05, 4.69) is 22.7 Å². The lowest BCUT2D eigenvalue weighted by atomic mass is 10.2. The molecule has 5 N–H and O–H groups in total. The summed E-state index contributed by atoms with van der Waals surface area (Å²) < 4.78 is 0. The summed E-state index contributed by atoms with van der Waals surface area (Å²) in [5, 5.41) is 3.91. The van der Waals surface area contributed by atoms with Crippen LogP contribution in [0.15, 0.2) is 29.4 Å². The van der Waals surface area contributed by atoms with Crippen LogP contribution in [0, 0.1) is 0 Å². The Balaban J connectivity index is 2.68. The first-order valence-electron chi connectivity index (χ1n) is 3.63. The summed E-state index contributed by atoms with van der Waals surface area (Å²) in [6.07, 6.45) is 1.56. The molecule has 0 heterocycles. The lowest BCUT2D eigenvalue weighted by Gasteiger charge is -1.98. The molecule has 1 aromatic rings. The van der Waals surface area contributed by atoms with Crippen LogP contribution in [-0.2, 0) is 0 Å². The second kappa shape index (κ2) is 4.42. The van der Waals surface area contributed by atoms with Crippen molar-refractivity contribution >= 4 is 29.2 Å². The van der Waals surface area contributed by atoms with Crippen LogP contribution < -0.4 is 16.9 Å². The molecule has 0 aliphatic carbocycles. The van der Waals surface area contributed by atoms with Crippen molar-refractivity contribution < 1.29 is 0 Å². The van der Waals surface area contributed by atoms with E-state index in [9.17, 15) is 0 Å². The van der Waals surface area contributed by atoms with Crippen molar-refractivity contribution in [1.29, 1.82) is 0 Å². The first-order valence-corrected chi connectivity index (χ1v) is 4.04. The van der Waals surface area contributed by atoms with E-state index >= 15 is 0 Å². The highest BCUT2D eigenvalue weighted by Crippen LogP contribution is 2.06. The van der Waals surface area contributed by atoms with Crippen LogP contribution >= 0.6 is 12.2 Å². The number of hydrogen-bond donors (Lipinski definition) is 3. The van der Waals surface area contributed by atoms with Crippen molar-refractivity contribution in [2.75, 3.05) is 5.73 Å². The number of benzene rings is 1. The predicted molar refractivity (Wildman–Crippen MR) is 58.4 cm³/mol. The van der Waals surface area contributed by atoms with Crippen molar-refractivity contribution in [2.24, 2.45) is 10.8 Å². The fourth-order valence-corrected chi connectivity index (χ4v) is 0.847. The number of thiocarbonyl (C=S) groups is 1. The predicted octanol–water partition coefficient (Wildman–Crippen LogP) is 0.436. The van der Waals surface area contributed by atoms with Gasteiger partial charge in [-0.05, 0) is 18.3 Å². The number of nitrogen functional groups attached to an aromatic ring is 1. The van der Waals surface area contributed by atoms with Gasteiger partial charge in [-0.1, -0.05) is 18.2 Å². The third-order valence-electron chi connectivity index (χ3n) is 1.37. The number of nitrogens with zero attached hydrogens (tertiary/aromatic N) is 1. The number of rotatable bonds is 2. The molecule has 0 saturated heterocycles. The summed E-state index contributed by atoms with van der Waals surface area (Å²) in [6, 6.07) is 7.37. The van der Waals surface area contributed by atoms with Crippen molar-refractivity contribution in [2.45, 2.75) is 0 Å². The molecule has 0 fully saturated rings. The van der Waals surface area contributed by atoms with E-state index < -0.39 is 0 Å². The Labute approximate surface area is 81.6 Å². The van der Waals surface area contributed by atoms with Gasteiger partial charge in [-0.2, -0.15) is 5.10 Å². The molecule has 0 spiro atoms. The number of hydrazone groups is 1. The molecule has 0 atom stereocenters. The van der Waals surface area contributed by atoms with Crippen molar-refractivity contribution in [1.82, 2.24) is 5.43 Å². The first kappa shape index (κ1) is 9.47. The van der Waals surface area contributed by atoms with Gasteiger partial charge in [-0.3, -0.25) is 5.43 Å². The van der Waals surface area contributed by atoms with Crippen LogP contribution in [0.3, 0.4) is 0 Å². The zero-order valence-corrected chi connectivity index (χ0v) is 7.71. The Hall–Kier alpha value is -1.62. The van der Waals surface area contributed by atoms with Crippen LogP contribution in [0.4, 0.5) is 5.69 Å². The Morgan fingerprint density at radius 2 is 2.15 bits per heavy atom. The van der Waals surface area contributed by atoms with E-state index in [1.807, 2.05) is 18.2 Å². The molecule has 1 rings (SSSR count). The summed E-state index contributed by atoms with van der Waals surface area (Å²) >= 11 is 4.57. The van der Waals surface area contributed by atoms with E-state index in [-0.39, 0.29) is 5.11 Å². The zero-order chi connectivity index (χ0) is 9.68. The fourth-order valence-electron chi connectivity index (χ4n) is 0.794. The lowest BCUT2D eigenvalue weighted by Crippen LogP contribution is -2.24. The Kier molecular flexibility index (Phi) is 3.22. The van der Waals surface area contributed by atoms with Gasteiger partial charge in [0, 0.05) is 11.3 Å². The Bertz CT molecular complexity index is 335. The second-order valence-corrected chi connectivity index (χ2v) is 2.80. The van der Waals surface area contributed by atoms with Gasteiger partial charge in [0.1, 0.15) is 0 Å². The van der Waals surface area contributed by atoms with Gasteiger partial charge in [-0.25, -0.2) is 0 Å². The van der Waals surface area contributed by atoms with Crippen molar-refractivity contribution in [3.05, 3.63) is 29.8 Å². The topological polar surface area (TPSA) is 76.4 Å². The molecule has 13 heavy (non-hydrogen) atoms. The largest absolute Gasteiger partial charge is 0.398 e.